The van der Waals surface area contributed by atoms with Gasteiger partial charge in [0.25, 0.3) is 0 Å². The Morgan fingerprint density at radius 1 is 0.795 bits per heavy atom. The molecule has 3 aromatic carbocycles. The Morgan fingerprint density at radius 3 is 1.69 bits per heavy atom. The predicted octanol–water partition coefficient (Wildman–Crippen LogP) is 8.00. The summed E-state index contributed by atoms with van der Waals surface area (Å²) in [4.78, 5) is 26.8. The molecule has 39 heavy (non-hydrogen) atoms. The van der Waals surface area contributed by atoms with Gasteiger partial charge in [-0.05, 0) is 55.5 Å². The first-order valence-corrected chi connectivity index (χ1v) is 12.0. The standard InChI is InChI=1S/C26H20Cl2F6N2O3/c1-2-39-22(19-10-9-16(27)13-20(19)28)21(23(37)35-17-7-3-5-14(11-17)25(29,30)31)24(38)36-18-8-4-6-15(12-18)26(32,33)34/h3-13,21-22H,2H2,1H3,(H,35,37)(H,36,38). The fourth-order valence-electron chi connectivity index (χ4n) is 3.66. The summed E-state index contributed by atoms with van der Waals surface area (Å²) in [5.74, 6) is -4.00. The number of alkyl halides is 6. The summed E-state index contributed by atoms with van der Waals surface area (Å²) < 4.78 is 84.7. The first kappa shape index (κ1) is 30.3. The minimum Gasteiger partial charge on any atom is -0.372 e. The van der Waals surface area contributed by atoms with Gasteiger partial charge in [0.05, 0.1) is 11.1 Å². The van der Waals surface area contributed by atoms with Gasteiger partial charge in [0.2, 0.25) is 11.8 Å². The number of amides is 2. The lowest BCUT2D eigenvalue weighted by Gasteiger charge is -2.27. The minimum absolute atomic E-state index is 0.0182. The van der Waals surface area contributed by atoms with Gasteiger partial charge in [-0.2, -0.15) is 26.3 Å². The molecule has 0 spiro atoms. The fourth-order valence-corrected chi connectivity index (χ4v) is 4.17. The Bertz CT molecular complexity index is 1280. The summed E-state index contributed by atoms with van der Waals surface area (Å²) in [6.45, 7) is 1.52. The van der Waals surface area contributed by atoms with Crippen molar-refractivity contribution in [3.8, 4) is 0 Å². The number of carbonyl (C=O) groups excluding carboxylic acids is 2. The number of ether oxygens (including phenoxy) is 1. The first-order valence-electron chi connectivity index (χ1n) is 11.2. The van der Waals surface area contributed by atoms with Gasteiger partial charge < -0.3 is 15.4 Å². The van der Waals surface area contributed by atoms with E-state index in [0.717, 1.165) is 24.3 Å². The fraction of sp³-hybridized carbons (Fsp3) is 0.231. The number of benzene rings is 3. The van der Waals surface area contributed by atoms with E-state index in [1.807, 2.05) is 0 Å². The van der Waals surface area contributed by atoms with Gasteiger partial charge >= 0.3 is 12.4 Å². The summed E-state index contributed by atoms with van der Waals surface area (Å²) >= 11 is 12.3. The Balaban J connectivity index is 2.04. The zero-order valence-electron chi connectivity index (χ0n) is 20.0. The van der Waals surface area contributed by atoms with Gasteiger partial charge in [0, 0.05) is 33.6 Å². The van der Waals surface area contributed by atoms with Crippen LogP contribution in [0.15, 0.2) is 66.7 Å². The molecule has 1 atom stereocenters. The second kappa shape index (κ2) is 12.3. The van der Waals surface area contributed by atoms with E-state index in [1.54, 1.807) is 6.92 Å². The molecule has 2 N–H and O–H groups in total. The highest BCUT2D eigenvalue weighted by Crippen LogP contribution is 2.36. The maximum absolute atomic E-state index is 13.4. The van der Waals surface area contributed by atoms with E-state index < -0.39 is 47.3 Å². The van der Waals surface area contributed by atoms with Crippen LogP contribution in [0.25, 0.3) is 0 Å². The zero-order chi connectivity index (χ0) is 29.0. The van der Waals surface area contributed by atoms with Crippen molar-refractivity contribution >= 4 is 46.4 Å². The van der Waals surface area contributed by atoms with Crippen LogP contribution in [0.5, 0.6) is 0 Å². The number of nitrogens with one attached hydrogen (secondary N) is 2. The van der Waals surface area contributed by atoms with Gasteiger partial charge in [-0.3, -0.25) is 9.59 Å². The molecular formula is C26H20Cl2F6N2O3. The average molecular weight is 593 g/mol. The molecule has 0 radical (unpaired) electrons. The third-order valence-corrected chi connectivity index (χ3v) is 5.96. The van der Waals surface area contributed by atoms with Gasteiger partial charge in [0.15, 0.2) is 0 Å². The van der Waals surface area contributed by atoms with Crippen LogP contribution < -0.4 is 10.6 Å². The van der Waals surface area contributed by atoms with E-state index in [1.165, 1.54) is 30.3 Å². The van der Waals surface area contributed by atoms with E-state index >= 15 is 0 Å². The highest BCUT2D eigenvalue weighted by Gasteiger charge is 2.39. The molecule has 208 valence electrons. The molecule has 0 heterocycles. The van der Waals surface area contributed by atoms with Crippen molar-refractivity contribution in [2.24, 2.45) is 5.92 Å². The summed E-state index contributed by atoms with van der Waals surface area (Å²) in [5.41, 5.74) is -2.50. The van der Waals surface area contributed by atoms with Crippen molar-refractivity contribution in [2.75, 3.05) is 17.2 Å². The van der Waals surface area contributed by atoms with E-state index in [2.05, 4.69) is 10.6 Å². The predicted molar refractivity (Wildman–Crippen MR) is 134 cm³/mol. The van der Waals surface area contributed by atoms with Crippen molar-refractivity contribution in [3.63, 3.8) is 0 Å². The third kappa shape index (κ3) is 7.87. The monoisotopic (exact) mass is 592 g/mol. The Hall–Kier alpha value is -3.28. The highest BCUT2D eigenvalue weighted by atomic mass is 35.5. The second-order valence-corrected chi connectivity index (χ2v) is 9.00. The quantitative estimate of drug-likeness (QED) is 0.206. The molecule has 0 saturated carbocycles. The van der Waals surface area contributed by atoms with Gasteiger partial charge in [-0.15, -0.1) is 0 Å². The normalized spacial score (nSPS) is 12.8. The van der Waals surface area contributed by atoms with Crippen LogP contribution in [0.2, 0.25) is 10.0 Å². The molecule has 13 heteroatoms. The molecule has 0 aliphatic heterocycles. The van der Waals surface area contributed by atoms with Crippen LogP contribution in [0.4, 0.5) is 37.7 Å². The van der Waals surface area contributed by atoms with Crippen LogP contribution in [-0.2, 0) is 26.7 Å². The molecule has 3 aromatic rings. The molecule has 3 rings (SSSR count). The molecule has 0 aromatic heterocycles. The number of hydrogen-bond acceptors (Lipinski definition) is 3. The van der Waals surface area contributed by atoms with Crippen LogP contribution in [-0.4, -0.2) is 18.4 Å². The third-order valence-electron chi connectivity index (χ3n) is 5.40. The average Bonchev–Trinajstić information content (AvgIpc) is 2.83. The molecule has 0 aliphatic rings. The minimum atomic E-state index is -4.70. The van der Waals surface area contributed by atoms with Crippen LogP contribution in [0.3, 0.4) is 0 Å². The number of rotatable bonds is 8. The molecule has 5 nitrogen and oxygen atoms in total. The zero-order valence-corrected chi connectivity index (χ0v) is 21.5. The van der Waals surface area contributed by atoms with Crippen molar-refractivity contribution in [1.29, 1.82) is 0 Å². The van der Waals surface area contributed by atoms with E-state index in [0.29, 0.717) is 12.1 Å². The molecule has 0 bridgehead atoms. The van der Waals surface area contributed by atoms with Gasteiger partial charge in [-0.1, -0.05) is 41.4 Å². The summed E-state index contributed by atoms with van der Waals surface area (Å²) in [7, 11) is 0. The van der Waals surface area contributed by atoms with Gasteiger partial charge in [0.1, 0.15) is 12.0 Å². The first-order chi connectivity index (χ1) is 18.2. The second-order valence-electron chi connectivity index (χ2n) is 8.16. The molecule has 2 amide bonds. The molecule has 1 unspecified atom stereocenters. The lowest BCUT2D eigenvalue weighted by atomic mass is 9.93. The SMILES string of the molecule is CCOC(c1ccc(Cl)cc1Cl)C(C(=O)Nc1cccc(C(F)(F)F)c1)C(=O)Nc1cccc(C(F)(F)F)c1. The maximum Gasteiger partial charge on any atom is 0.416 e. The van der Waals surface area contributed by atoms with Crippen molar-refractivity contribution < 1.29 is 40.7 Å². The number of anilines is 2. The Kier molecular flexibility index (Phi) is 9.52. The van der Waals surface area contributed by atoms with Crippen LogP contribution >= 0.6 is 23.2 Å². The van der Waals surface area contributed by atoms with Crippen LogP contribution in [0, 0.1) is 5.92 Å². The van der Waals surface area contributed by atoms with Gasteiger partial charge in [-0.25, -0.2) is 0 Å². The summed E-state index contributed by atoms with van der Waals surface area (Å²) in [6.07, 6.45) is -10.8. The number of carbonyl (C=O) groups is 2. The van der Waals surface area contributed by atoms with Crippen molar-refractivity contribution in [1.82, 2.24) is 0 Å². The summed E-state index contributed by atoms with van der Waals surface area (Å²) in [6, 6.07) is 11.6. The highest BCUT2D eigenvalue weighted by molar-refractivity contribution is 6.35. The lowest BCUT2D eigenvalue weighted by Crippen LogP contribution is -2.39. The van der Waals surface area contributed by atoms with Crippen LogP contribution in [0.1, 0.15) is 29.7 Å². The number of hydrogen-bond donors (Lipinski definition) is 2. The Morgan fingerprint density at radius 2 is 1.28 bits per heavy atom. The van der Waals surface area contributed by atoms with Crippen molar-refractivity contribution in [2.45, 2.75) is 25.4 Å². The maximum atomic E-state index is 13.4. The van der Waals surface area contributed by atoms with E-state index in [-0.39, 0.29) is 33.6 Å². The van der Waals surface area contributed by atoms with Crippen molar-refractivity contribution in [3.05, 3.63) is 93.5 Å². The number of halogens is 8. The smallest absolute Gasteiger partial charge is 0.372 e. The largest absolute Gasteiger partial charge is 0.416 e. The topological polar surface area (TPSA) is 67.4 Å². The molecular weight excluding hydrogens is 573 g/mol. The Labute approximate surface area is 229 Å². The molecule has 0 aliphatic carbocycles. The van der Waals surface area contributed by atoms with E-state index in [9.17, 15) is 35.9 Å². The molecule has 0 fully saturated rings. The summed E-state index contributed by atoms with van der Waals surface area (Å²) in [5, 5.41) is 4.79. The lowest BCUT2D eigenvalue weighted by molar-refractivity contribution is -0.138. The van der Waals surface area contributed by atoms with E-state index in [4.69, 9.17) is 27.9 Å². The molecule has 0 saturated heterocycles.